The highest BCUT2D eigenvalue weighted by Crippen LogP contribution is 2.32. The normalized spacial score (nSPS) is 12.0. The average molecular weight is 482 g/mol. The van der Waals surface area contributed by atoms with Crippen LogP contribution in [0.5, 0.6) is 0 Å². The van der Waals surface area contributed by atoms with Gasteiger partial charge < -0.3 is 0 Å². The molecule has 2 aromatic carbocycles. The number of nitrogens with zero attached hydrogens (tertiary/aromatic N) is 2. The van der Waals surface area contributed by atoms with Gasteiger partial charge in [-0.15, -0.1) is 0 Å². The molecule has 0 fully saturated rings. The Morgan fingerprint density at radius 2 is 1.69 bits per heavy atom. The second-order valence-electron chi connectivity index (χ2n) is 6.23. The minimum absolute atomic E-state index is 0.0380. The number of rotatable bonds is 6. The third-order valence-corrected chi connectivity index (χ3v) is 7.02. The first-order valence-electron chi connectivity index (χ1n) is 8.09. The van der Waals surface area contributed by atoms with Gasteiger partial charge in [-0.2, -0.15) is 0 Å². The van der Waals surface area contributed by atoms with Gasteiger partial charge in [0.2, 0.25) is 0 Å². The second-order valence-corrected chi connectivity index (χ2v) is 9.10. The molecule has 0 atom stereocenters. The molecule has 3 rings (SSSR count). The molecule has 0 saturated carbocycles. The van der Waals surface area contributed by atoms with Crippen LogP contribution in [-0.2, 0) is 21.4 Å². The molecule has 0 unspecified atom stereocenters. The summed E-state index contributed by atoms with van der Waals surface area (Å²) >= 11 is 2.19. The van der Waals surface area contributed by atoms with Crippen LogP contribution in [0, 0.1) is 3.57 Å². The van der Waals surface area contributed by atoms with Crippen molar-refractivity contribution in [3.63, 3.8) is 0 Å². The molecule has 0 spiro atoms. The van der Waals surface area contributed by atoms with Gasteiger partial charge in [-0.25, -0.2) is 12.4 Å². The van der Waals surface area contributed by atoms with Crippen molar-refractivity contribution >= 4 is 49.3 Å². The molecular formula is C19H19IN2O3S. The topological polar surface area (TPSA) is 59.4 Å². The second kappa shape index (κ2) is 7.50. The van der Waals surface area contributed by atoms with E-state index in [1.807, 2.05) is 36.2 Å². The number of aromatic nitrogens is 1. The molecule has 0 radical (unpaired) electrons. The summed E-state index contributed by atoms with van der Waals surface area (Å²) in [6.07, 6.45) is 0. The SMILES string of the molecule is CC(=O)CN(C)Cc1c(I)c2ccccc2n1S(=O)(=O)c1ccccc1. The molecule has 0 amide bonds. The fraction of sp³-hybridized carbons (Fsp3) is 0.211. The quantitative estimate of drug-likeness (QED) is 0.505. The highest BCUT2D eigenvalue weighted by Gasteiger charge is 2.26. The number of Topliss-reactive ketones (excluding diaryl/α,β-unsaturated/α-hetero) is 1. The number of benzene rings is 2. The minimum Gasteiger partial charge on any atom is -0.299 e. The zero-order valence-electron chi connectivity index (χ0n) is 14.5. The van der Waals surface area contributed by atoms with Crippen molar-refractivity contribution in [2.75, 3.05) is 13.6 Å². The van der Waals surface area contributed by atoms with Crippen molar-refractivity contribution in [2.24, 2.45) is 0 Å². The third-order valence-electron chi connectivity index (χ3n) is 4.05. The lowest BCUT2D eigenvalue weighted by Gasteiger charge is -2.18. The summed E-state index contributed by atoms with van der Waals surface area (Å²) in [6, 6.07) is 15.9. The number of para-hydroxylation sites is 1. The minimum atomic E-state index is -3.75. The van der Waals surface area contributed by atoms with Crippen molar-refractivity contribution < 1.29 is 13.2 Å². The molecular weight excluding hydrogens is 463 g/mol. The standard InChI is InChI=1S/C19H19IN2O3S/c1-14(23)12-21(2)13-18-19(20)16-10-6-7-11-17(16)22(18)26(24,25)15-8-4-3-5-9-15/h3-11H,12-13H2,1-2H3. The van der Waals surface area contributed by atoms with Crippen LogP contribution >= 0.6 is 22.6 Å². The van der Waals surface area contributed by atoms with E-state index in [4.69, 9.17) is 0 Å². The highest BCUT2D eigenvalue weighted by molar-refractivity contribution is 14.1. The molecule has 0 aliphatic carbocycles. The van der Waals surface area contributed by atoms with Gasteiger partial charge in [0.1, 0.15) is 5.78 Å². The zero-order valence-corrected chi connectivity index (χ0v) is 17.5. The maximum Gasteiger partial charge on any atom is 0.268 e. The number of ketones is 1. The Morgan fingerprint density at radius 3 is 2.35 bits per heavy atom. The first-order chi connectivity index (χ1) is 12.3. The molecule has 0 saturated heterocycles. The maximum atomic E-state index is 13.4. The number of likely N-dealkylation sites (N-methyl/N-ethyl adjacent to an activating group) is 1. The van der Waals surface area contributed by atoms with E-state index in [-0.39, 0.29) is 17.2 Å². The molecule has 0 N–H and O–H groups in total. The molecule has 26 heavy (non-hydrogen) atoms. The van der Waals surface area contributed by atoms with Gasteiger partial charge in [-0.1, -0.05) is 36.4 Å². The highest BCUT2D eigenvalue weighted by atomic mass is 127. The van der Waals surface area contributed by atoms with Crippen molar-refractivity contribution in [1.29, 1.82) is 0 Å². The summed E-state index contributed by atoms with van der Waals surface area (Å²) in [4.78, 5) is 13.5. The van der Waals surface area contributed by atoms with Crippen LogP contribution in [0.15, 0.2) is 59.5 Å². The van der Waals surface area contributed by atoms with Gasteiger partial charge in [-0.3, -0.25) is 9.69 Å². The van der Waals surface area contributed by atoms with E-state index in [0.29, 0.717) is 17.8 Å². The molecule has 0 bridgehead atoms. The van der Waals surface area contributed by atoms with Crippen molar-refractivity contribution in [3.8, 4) is 0 Å². The smallest absolute Gasteiger partial charge is 0.268 e. The number of carbonyl (C=O) groups excluding carboxylic acids is 1. The Hall–Kier alpha value is -1.71. The Bertz CT molecular complexity index is 1060. The largest absolute Gasteiger partial charge is 0.299 e. The van der Waals surface area contributed by atoms with E-state index >= 15 is 0 Å². The Balaban J connectivity index is 2.23. The number of hydrogen-bond donors (Lipinski definition) is 0. The monoisotopic (exact) mass is 482 g/mol. The van der Waals surface area contributed by atoms with Crippen LogP contribution in [0.25, 0.3) is 10.9 Å². The van der Waals surface area contributed by atoms with E-state index < -0.39 is 10.0 Å². The number of carbonyl (C=O) groups is 1. The predicted octanol–water partition coefficient (Wildman–Crippen LogP) is 3.50. The van der Waals surface area contributed by atoms with Gasteiger partial charge in [0.05, 0.1) is 22.7 Å². The van der Waals surface area contributed by atoms with Crippen LogP contribution in [0.4, 0.5) is 0 Å². The number of fused-ring (bicyclic) bond motifs is 1. The Labute approximate surface area is 166 Å². The zero-order chi connectivity index (χ0) is 18.9. The first kappa shape index (κ1) is 19.1. The van der Waals surface area contributed by atoms with Gasteiger partial charge in [0.15, 0.2) is 0 Å². The maximum absolute atomic E-state index is 13.4. The van der Waals surface area contributed by atoms with E-state index in [0.717, 1.165) is 8.96 Å². The lowest BCUT2D eigenvalue weighted by molar-refractivity contribution is -0.117. The molecule has 3 aromatic rings. The predicted molar refractivity (Wildman–Crippen MR) is 111 cm³/mol. The van der Waals surface area contributed by atoms with Gasteiger partial charge in [0.25, 0.3) is 10.0 Å². The van der Waals surface area contributed by atoms with Gasteiger partial charge in [-0.05, 0) is 54.8 Å². The summed E-state index contributed by atoms with van der Waals surface area (Å²) in [7, 11) is -1.94. The molecule has 0 aliphatic heterocycles. The molecule has 0 aliphatic rings. The van der Waals surface area contributed by atoms with E-state index in [2.05, 4.69) is 22.6 Å². The first-order valence-corrected chi connectivity index (χ1v) is 10.6. The number of hydrogen-bond acceptors (Lipinski definition) is 4. The van der Waals surface area contributed by atoms with Crippen LogP contribution in [0.2, 0.25) is 0 Å². The van der Waals surface area contributed by atoms with Crippen molar-refractivity contribution in [2.45, 2.75) is 18.4 Å². The lowest BCUT2D eigenvalue weighted by atomic mass is 10.2. The molecule has 1 heterocycles. The number of halogens is 1. The van der Waals surface area contributed by atoms with Gasteiger partial charge in [0, 0.05) is 15.5 Å². The van der Waals surface area contributed by atoms with Crippen molar-refractivity contribution in [1.82, 2.24) is 8.87 Å². The summed E-state index contributed by atoms with van der Waals surface area (Å²) in [5.41, 5.74) is 1.31. The van der Waals surface area contributed by atoms with Crippen LogP contribution in [-0.4, -0.2) is 36.7 Å². The van der Waals surface area contributed by atoms with Crippen LogP contribution < -0.4 is 0 Å². The molecule has 1 aromatic heterocycles. The lowest BCUT2D eigenvalue weighted by Crippen LogP contribution is -2.27. The van der Waals surface area contributed by atoms with Crippen LogP contribution in [0.3, 0.4) is 0 Å². The van der Waals surface area contributed by atoms with Crippen LogP contribution in [0.1, 0.15) is 12.6 Å². The summed E-state index contributed by atoms with van der Waals surface area (Å²) in [6.45, 7) is 2.15. The molecule has 7 heteroatoms. The fourth-order valence-corrected chi connectivity index (χ4v) is 5.62. The summed E-state index contributed by atoms with van der Waals surface area (Å²) in [5, 5.41) is 0.888. The van der Waals surface area contributed by atoms with E-state index in [1.54, 1.807) is 30.3 Å². The van der Waals surface area contributed by atoms with Gasteiger partial charge >= 0.3 is 0 Å². The average Bonchev–Trinajstić information content (AvgIpc) is 2.88. The summed E-state index contributed by atoms with van der Waals surface area (Å²) < 4.78 is 29.0. The Kier molecular flexibility index (Phi) is 5.50. The van der Waals surface area contributed by atoms with Crippen molar-refractivity contribution in [3.05, 3.63) is 63.9 Å². The molecule has 136 valence electrons. The fourth-order valence-electron chi connectivity index (χ4n) is 3.02. The van der Waals surface area contributed by atoms with E-state index in [1.165, 1.54) is 10.9 Å². The van der Waals surface area contributed by atoms with E-state index in [9.17, 15) is 13.2 Å². The Morgan fingerprint density at radius 1 is 1.08 bits per heavy atom. The molecule has 5 nitrogen and oxygen atoms in total. The summed E-state index contributed by atoms with van der Waals surface area (Å²) in [5.74, 6) is 0.0380. The third kappa shape index (κ3) is 3.56.